The van der Waals surface area contributed by atoms with Gasteiger partial charge in [-0.05, 0) is 49.6 Å². The number of furan rings is 1. The van der Waals surface area contributed by atoms with Crippen LogP contribution in [0.5, 0.6) is 0 Å². The SMILES string of the molecule is COC(=O)c1ccc(Cn2nc(-c3ccc(N4CCCCC4)cc3)ccc2=O)o1. The van der Waals surface area contributed by atoms with Crippen molar-refractivity contribution in [2.45, 2.75) is 25.8 Å². The van der Waals surface area contributed by atoms with Crippen molar-refractivity contribution in [1.82, 2.24) is 9.78 Å². The van der Waals surface area contributed by atoms with Crippen LogP contribution in [0.4, 0.5) is 5.69 Å². The van der Waals surface area contributed by atoms with Crippen LogP contribution >= 0.6 is 0 Å². The van der Waals surface area contributed by atoms with Gasteiger partial charge in [0.25, 0.3) is 5.56 Å². The van der Waals surface area contributed by atoms with E-state index in [4.69, 9.17) is 4.42 Å². The maximum absolute atomic E-state index is 12.2. The van der Waals surface area contributed by atoms with Crippen LogP contribution in [0.2, 0.25) is 0 Å². The number of aromatic nitrogens is 2. The first-order valence-electron chi connectivity index (χ1n) is 9.74. The van der Waals surface area contributed by atoms with Crippen molar-refractivity contribution in [2.75, 3.05) is 25.1 Å². The first kappa shape index (κ1) is 19.0. The lowest BCUT2D eigenvalue weighted by Crippen LogP contribution is -2.29. The molecule has 29 heavy (non-hydrogen) atoms. The fourth-order valence-electron chi connectivity index (χ4n) is 3.53. The standard InChI is InChI=1S/C22H23N3O4/c1-28-22(27)20-11-9-18(29-20)15-25-21(26)12-10-19(23-25)16-5-7-17(8-6-16)24-13-3-2-4-14-24/h5-12H,2-4,13-15H2,1H3. The van der Waals surface area contributed by atoms with Crippen LogP contribution in [0.1, 0.15) is 35.6 Å². The average Bonchev–Trinajstić information content (AvgIpc) is 3.24. The summed E-state index contributed by atoms with van der Waals surface area (Å²) in [4.78, 5) is 26.1. The van der Waals surface area contributed by atoms with Gasteiger partial charge in [0.15, 0.2) is 0 Å². The fraction of sp³-hybridized carbons (Fsp3) is 0.318. The van der Waals surface area contributed by atoms with Crippen LogP contribution in [0.3, 0.4) is 0 Å². The second-order valence-electron chi connectivity index (χ2n) is 7.07. The zero-order chi connectivity index (χ0) is 20.2. The molecule has 0 amide bonds. The number of carbonyl (C=O) groups excluding carboxylic acids is 1. The van der Waals surface area contributed by atoms with Crippen molar-refractivity contribution in [3.63, 3.8) is 0 Å². The van der Waals surface area contributed by atoms with Crippen molar-refractivity contribution in [3.05, 3.63) is 70.4 Å². The maximum Gasteiger partial charge on any atom is 0.373 e. The molecular weight excluding hydrogens is 370 g/mol. The van der Waals surface area contributed by atoms with Crippen molar-refractivity contribution in [1.29, 1.82) is 0 Å². The highest BCUT2D eigenvalue weighted by atomic mass is 16.5. The van der Waals surface area contributed by atoms with Gasteiger partial charge in [-0.1, -0.05) is 12.1 Å². The summed E-state index contributed by atoms with van der Waals surface area (Å²) >= 11 is 0. The normalized spacial score (nSPS) is 14.0. The lowest BCUT2D eigenvalue weighted by atomic mass is 10.1. The summed E-state index contributed by atoms with van der Waals surface area (Å²) in [5, 5.41) is 4.47. The van der Waals surface area contributed by atoms with Gasteiger partial charge in [-0.2, -0.15) is 5.10 Å². The van der Waals surface area contributed by atoms with Gasteiger partial charge in [0, 0.05) is 30.4 Å². The number of rotatable bonds is 5. The number of anilines is 1. The van der Waals surface area contributed by atoms with Crippen molar-refractivity contribution < 1.29 is 13.9 Å². The first-order chi connectivity index (χ1) is 14.1. The third kappa shape index (κ3) is 4.23. The Morgan fingerprint density at radius 2 is 1.79 bits per heavy atom. The number of nitrogens with zero attached hydrogens (tertiary/aromatic N) is 3. The van der Waals surface area contributed by atoms with Crippen LogP contribution in [0.25, 0.3) is 11.3 Å². The predicted octanol–water partition coefficient (Wildman–Crippen LogP) is 3.33. The molecule has 1 fully saturated rings. The van der Waals surface area contributed by atoms with E-state index in [2.05, 4.69) is 26.9 Å². The zero-order valence-electron chi connectivity index (χ0n) is 16.3. The quantitative estimate of drug-likeness (QED) is 0.619. The van der Waals surface area contributed by atoms with Gasteiger partial charge in [0.05, 0.1) is 12.8 Å². The Kier molecular flexibility index (Phi) is 5.46. The molecule has 1 aliphatic rings. The predicted molar refractivity (Wildman–Crippen MR) is 109 cm³/mol. The highest BCUT2D eigenvalue weighted by Gasteiger charge is 2.13. The Morgan fingerprint density at radius 3 is 2.52 bits per heavy atom. The van der Waals surface area contributed by atoms with E-state index in [1.54, 1.807) is 12.1 Å². The number of piperidine rings is 1. The molecule has 4 rings (SSSR count). The van der Waals surface area contributed by atoms with Crippen LogP contribution in [0.15, 0.2) is 57.7 Å². The Bertz CT molecular complexity index is 1050. The van der Waals surface area contributed by atoms with Gasteiger partial charge in [-0.15, -0.1) is 0 Å². The van der Waals surface area contributed by atoms with E-state index < -0.39 is 5.97 Å². The van der Waals surface area contributed by atoms with Gasteiger partial charge in [0.1, 0.15) is 12.3 Å². The molecule has 150 valence electrons. The van der Waals surface area contributed by atoms with Gasteiger partial charge < -0.3 is 14.1 Å². The Balaban J connectivity index is 1.54. The molecule has 0 atom stereocenters. The van der Waals surface area contributed by atoms with Crippen LogP contribution in [-0.4, -0.2) is 35.9 Å². The highest BCUT2D eigenvalue weighted by molar-refractivity contribution is 5.86. The summed E-state index contributed by atoms with van der Waals surface area (Å²) in [6, 6.07) is 14.6. The molecule has 1 aliphatic heterocycles. The van der Waals surface area contributed by atoms with E-state index in [-0.39, 0.29) is 17.9 Å². The maximum atomic E-state index is 12.2. The summed E-state index contributed by atoms with van der Waals surface area (Å²) in [6.45, 7) is 2.33. The number of ether oxygens (including phenoxy) is 1. The number of benzene rings is 1. The van der Waals surface area contributed by atoms with Gasteiger partial charge >= 0.3 is 5.97 Å². The number of hydrogen-bond acceptors (Lipinski definition) is 6. The summed E-state index contributed by atoms with van der Waals surface area (Å²) < 4.78 is 11.4. The molecule has 3 heterocycles. The molecule has 2 aromatic heterocycles. The molecule has 1 saturated heterocycles. The van der Waals surface area contributed by atoms with E-state index in [0.717, 1.165) is 18.7 Å². The molecule has 1 aromatic carbocycles. The summed E-state index contributed by atoms with van der Waals surface area (Å²) in [5.41, 5.74) is 2.62. The summed E-state index contributed by atoms with van der Waals surface area (Å²) in [5.74, 6) is -0.00305. The van der Waals surface area contributed by atoms with Gasteiger partial charge in [0.2, 0.25) is 5.76 Å². The highest BCUT2D eigenvalue weighted by Crippen LogP contribution is 2.24. The van der Waals surface area contributed by atoms with E-state index in [1.165, 1.54) is 48.9 Å². The van der Waals surface area contributed by atoms with Crippen LogP contribution < -0.4 is 10.5 Å². The molecule has 0 radical (unpaired) electrons. The molecule has 0 bridgehead atoms. The van der Waals surface area contributed by atoms with Crippen LogP contribution in [-0.2, 0) is 11.3 Å². The van der Waals surface area contributed by atoms with Crippen molar-refractivity contribution in [3.8, 4) is 11.3 Å². The molecular formula is C22H23N3O4. The van der Waals surface area contributed by atoms with Crippen LogP contribution in [0, 0.1) is 0 Å². The molecule has 7 heteroatoms. The van der Waals surface area contributed by atoms with Crippen molar-refractivity contribution in [2.24, 2.45) is 0 Å². The average molecular weight is 393 g/mol. The smallest absolute Gasteiger partial charge is 0.373 e. The molecule has 3 aromatic rings. The van der Waals surface area contributed by atoms with E-state index in [0.29, 0.717) is 11.5 Å². The molecule has 0 N–H and O–H groups in total. The number of carbonyl (C=O) groups is 1. The minimum absolute atomic E-state index is 0.0972. The van der Waals surface area contributed by atoms with E-state index >= 15 is 0 Å². The molecule has 0 aliphatic carbocycles. The van der Waals surface area contributed by atoms with Gasteiger partial charge in [-0.25, -0.2) is 9.48 Å². The molecule has 0 spiro atoms. The third-order valence-electron chi connectivity index (χ3n) is 5.10. The number of esters is 1. The first-order valence-corrected chi connectivity index (χ1v) is 9.74. The zero-order valence-corrected chi connectivity index (χ0v) is 16.3. The minimum atomic E-state index is -0.556. The minimum Gasteiger partial charge on any atom is -0.463 e. The van der Waals surface area contributed by atoms with Crippen molar-refractivity contribution >= 4 is 11.7 Å². The topological polar surface area (TPSA) is 77.6 Å². The second kappa shape index (κ2) is 8.34. The monoisotopic (exact) mass is 393 g/mol. The van der Waals surface area contributed by atoms with E-state index in [9.17, 15) is 9.59 Å². The second-order valence-corrected chi connectivity index (χ2v) is 7.07. The van der Waals surface area contributed by atoms with E-state index in [1.807, 2.05) is 12.1 Å². The Morgan fingerprint density at radius 1 is 1.03 bits per heavy atom. The number of hydrogen-bond donors (Lipinski definition) is 0. The molecule has 0 unspecified atom stereocenters. The van der Waals surface area contributed by atoms with Gasteiger partial charge in [-0.3, -0.25) is 4.79 Å². The third-order valence-corrected chi connectivity index (χ3v) is 5.10. The Hall–Kier alpha value is -3.35. The number of methoxy groups -OCH3 is 1. The summed E-state index contributed by atoms with van der Waals surface area (Å²) in [7, 11) is 1.29. The largest absolute Gasteiger partial charge is 0.463 e. The lowest BCUT2D eigenvalue weighted by molar-refractivity contribution is 0.0562. The summed E-state index contributed by atoms with van der Waals surface area (Å²) in [6.07, 6.45) is 3.77. The Labute approximate surface area is 168 Å². The lowest BCUT2D eigenvalue weighted by Gasteiger charge is -2.28. The molecule has 7 nitrogen and oxygen atoms in total. The fourth-order valence-corrected chi connectivity index (χ4v) is 3.53. The molecule has 0 saturated carbocycles.